The van der Waals surface area contributed by atoms with Gasteiger partial charge in [0.25, 0.3) is 0 Å². The van der Waals surface area contributed by atoms with Gasteiger partial charge in [0.2, 0.25) is 0 Å². The molecule has 0 atom stereocenters. The average Bonchev–Trinajstić information content (AvgIpc) is 2.19. The molecule has 0 fully saturated rings. The minimum absolute atomic E-state index is 0.148. The van der Waals surface area contributed by atoms with Gasteiger partial charge in [-0.3, -0.25) is 0 Å². The highest BCUT2D eigenvalue weighted by Crippen LogP contribution is 2.31. The van der Waals surface area contributed by atoms with Crippen molar-refractivity contribution in [3.8, 4) is 5.75 Å². The Hall–Kier alpha value is -1.38. The zero-order valence-electron chi connectivity index (χ0n) is 9.95. The Morgan fingerprint density at radius 3 is 2.60 bits per heavy atom. The lowest BCUT2D eigenvalue weighted by molar-refractivity contribution is 0.244. The standard InChI is InChI=1S/C12H20N2O/c1-5-14(4)10-7-6-8-11(12(10)13)15-9(2)3/h6-9H,5,13H2,1-4H3. The molecule has 1 aromatic rings. The van der Waals surface area contributed by atoms with Crippen molar-refractivity contribution in [2.24, 2.45) is 0 Å². The fourth-order valence-electron chi connectivity index (χ4n) is 1.39. The van der Waals surface area contributed by atoms with Crippen molar-refractivity contribution < 1.29 is 4.74 Å². The van der Waals surface area contributed by atoms with Gasteiger partial charge in [0, 0.05) is 13.6 Å². The first kappa shape index (κ1) is 11.7. The lowest BCUT2D eigenvalue weighted by atomic mass is 10.2. The molecule has 0 aromatic heterocycles. The van der Waals surface area contributed by atoms with Crippen LogP contribution in [0.1, 0.15) is 20.8 Å². The molecular weight excluding hydrogens is 188 g/mol. The van der Waals surface area contributed by atoms with Crippen molar-refractivity contribution >= 4 is 11.4 Å². The topological polar surface area (TPSA) is 38.5 Å². The largest absolute Gasteiger partial charge is 0.489 e. The van der Waals surface area contributed by atoms with E-state index in [0.29, 0.717) is 0 Å². The summed E-state index contributed by atoms with van der Waals surface area (Å²) in [6.45, 7) is 7.01. The van der Waals surface area contributed by atoms with Crippen LogP contribution in [0.2, 0.25) is 0 Å². The molecule has 0 amide bonds. The first-order chi connectivity index (χ1) is 7.06. The molecule has 0 heterocycles. The second kappa shape index (κ2) is 4.91. The molecule has 0 spiro atoms. The van der Waals surface area contributed by atoms with Crippen molar-refractivity contribution in [2.45, 2.75) is 26.9 Å². The van der Waals surface area contributed by atoms with Crippen LogP contribution in [0.25, 0.3) is 0 Å². The van der Waals surface area contributed by atoms with Crippen molar-refractivity contribution in [2.75, 3.05) is 24.2 Å². The Morgan fingerprint density at radius 1 is 1.40 bits per heavy atom. The highest BCUT2D eigenvalue weighted by atomic mass is 16.5. The van der Waals surface area contributed by atoms with Gasteiger partial charge in [0.15, 0.2) is 0 Å². The molecule has 0 unspecified atom stereocenters. The normalized spacial score (nSPS) is 10.5. The van der Waals surface area contributed by atoms with Crippen LogP contribution in [0.4, 0.5) is 11.4 Å². The number of hydrogen-bond donors (Lipinski definition) is 1. The van der Waals surface area contributed by atoms with Crippen molar-refractivity contribution in [1.82, 2.24) is 0 Å². The van der Waals surface area contributed by atoms with Gasteiger partial charge in [-0.2, -0.15) is 0 Å². The maximum atomic E-state index is 6.04. The van der Waals surface area contributed by atoms with E-state index >= 15 is 0 Å². The summed E-state index contributed by atoms with van der Waals surface area (Å²) >= 11 is 0. The van der Waals surface area contributed by atoms with E-state index in [2.05, 4.69) is 11.8 Å². The van der Waals surface area contributed by atoms with Crippen LogP contribution in [0, 0.1) is 0 Å². The molecule has 3 heteroatoms. The van der Waals surface area contributed by atoms with E-state index < -0.39 is 0 Å². The SMILES string of the molecule is CCN(C)c1cccc(OC(C)C)c1N. The number of nitrogen functional groups attached to an aromatic ring is 1. The Balaban J connectivity index is 3.00. The van der Waals surface area contributed by atoms with E-state index in [9.17, 15) is 0 Å². The van der Waals surface area contributed by atoms with Crippen molar-refractivity contribution in [1.29, 1.82) is 0 Å². The van der Waals surface area contributed by atoms with E-state index in [1.54, 1.807) is 0 Å². The highest BCUT2D eigenvalue weighted by molar-refractivity contribution is 5.73. The molecule has 0 aliphatic carbocycles. The zero-order chi connectivity index (χ0) is 11.4. The third-order valence-corrected chi connectivity index (χ3v) is 2.29. The van der Waals surface area contributed by atoms with Crippen LogP contribution in [0.3, 0.4) is 0 Å². The maximum absolute atomic E-state index is 6.04. The molecule has 1 rings (SSSR count). The second-order valence-electron chi connectivity index (χ2n) is 3.87. The number of anilines is 2. The first-order valence-electron chi connectivity index (χ1n) is 5.32. The van der Waals surface area contributed by atoms with E-state index in [0.717, 1.165) is 23.7 Å². The van der Waals surface area contributed by atoms with Gasteiger partial charge in [0.1, 0.15) is 5.75 Å². The third kappa shape index (κ3) is 2.78. The second-order valence-corrected chi connectivity index (χ2v) is 3.87. The number of rotatable bonds is 4. The van der Waals surface area contributed by atoms with Crippen LogP contribution in [0.5, 0.6) is 5.75 Å². The molecule has 0 saturated carbocycles. The predicted octanol–water partition coefficient (Wildman–Crippen LogP) is 2.51. The molecule has 2 N–H and O–H groups in total. The van der Waals surface area contributed by atoms with Gasteiger partial charge in [-0.05, 0) is 32.9 Å². The minimum Gasteiger partial charge on any atom is -0.489 e. The summed E-state index contributed by atoms with van der Waals surface area (Å²) in [4.78, 5) is 2.10. The van der Waals surface area contributed by atoms with E-state index in [4.69, 9.17) is 10.5 Å². The summed E-state index contributed by atoms with van der Waals surface area (Å²) in [7, 11) is 2.02. The molecule has 0 aliphatic rings. The van der Waals surface area contributed by atoms with Gasteiger partial charge in [0.05, 0.1) is 17.5 Å². The van der Waals surface area contributed by atoms with E-state index in [-0.39, 0.29) is 6.10 Å². The van der Waals surface area contributed by atoms with Crippen LogP contribution in [0.15, 0.2) is 18.2 Å². The quantitative estimate of drug-likeness (QED) is 0.773. The zero-order valence-corrected chi connectivity index (χ0v) is 9.95. The fraction of sp³-hybridized carbons (Fsp3) is 0.500. The van der Waals surface area contributed by atoms with Crippen LogP contribution >= 0.6 is 0 Å². The van der Waals surface area contributed by atoms with Gasteiger partial charge in [-0.1, -0.05) is 6.07 Å². The van der Waals surface area contributed by atoms with Crippen molar-refractivity contribution in [3.05, 3.63) is 18.2 Å². The maximum Gasteiger partial charge on any atom is 0.144 e. The fourth-order valence-corrected chi connectivity index (χ4v) is 1.39. The number of nitrogens with two attached hydrogens (primary N) is 1. The molecule has 3 nitrogen and oxygen atoms in total. The molecule has 0 saturated heterocycles. The van der Waals surface area contributed by atoms with E-state index in [1.807, 2.05) is 39.1 Å². The first-order valence-corrected chi connectivity index (χ1v) is 5.32. The smallest absolute Gasteiger partial charge is 0.144 e. The Kier molecular flexibility index (Phi) is 3.83. The molecule has 1 aromatic carbocycles. The Bertz CT molecular complexity index is 323. The van der Waals surface area contributed by atoms with Gasteiger partial charge in [-0.15, -0.1) is 0 Å². The highest BCUT2D eigenvalue weighted by Gasteiger charge is 2.09. The third-order valence-electron chi connectivity index (χ3n) is 2.29. The number of para-hydroxylation sites is 1. The monoisotopic (exact) mass is 208 g/mol. The van der Waals surface area contributed by atoms with E-state index in [1.165, 1.54) is 0 Å². The van der Waals surface area contributed by atoms with Crippen LogP contribution in [-0.2, 0) is 0 Å². The minimum atomic E-state index is 0.148. The van der Waals surface area contributed by atoms with Crippen molar-refractivity contribution in [3.63, 3.8) is 0 Å². The molecule has 0 aliphatic heterocycles. The summed E-state index contributed by atoms with van der Waals surface area (Å²) in [5, 5.41) is 0. The Labute approximate surface area is 91.8 Å². The van der Waals surface area contributed by atoms with Gasteiger partial charge >= 0.3 is 0 Å². The predicted molar refractivity (Wildman–Crippen MR) is 65.6 cm³/mol. The summed E-state index contributed by atoms with van der Waals surface area (Å²) in [6, 6.07) is 5.88. The average molecular weight is 208 g/mol. The summed E-state index contributed by atoms with van der Waals surface area (Å²) in [6.07, 6.45) is 0.148. The van der Waals surface area contributed by atoms with Gasteiger partial charge < -0.3 is 15.4 Å². The molecule has 0 bridgehead atoms. The Morgan fingerprint density at radius 2 is 2.07 bits per heavy atom. The summed E-state index contributed by atoms with van der Waals surface area (Å²) in [5.74, 6) is 0.766. The number of nitrogens with zero attached hydrogens (tertiary/aromatic N) is 1. The number of benzene rings is 1. The van der Waals surface area contributed by atoms with Gasteiger partial charge in [-0.25, -0.2) is 0 Å². The summed E-state index contributed by atoms with van der Waals surface area (Å²) < 4.78 is 5.63. The molecule has 0 radical (unpaired) electrons. The summed E-state index contributed by atoms with van der Waals surface area (Å²) in [5.41, 5.74) is 7.78. The number of ether oxygens (including phenoxy) is 1. The lowest BCUT2D eigenvalue weighted by Crippen LogP contribution is -2.18. The molecular formula is C12H20N2O. The molecule has 84 valence electrons. The van der Waals surface area contributed by atoms with Crippen LogP contribution < -0.4 is 15.4 Å². The lowest BCUT2D eigenvalue weighted by Gasteiger charge is -2.21. The van der Waals surface area contributed by atoms with Crippen LogP contribution in [-0.4, -0.2) is 19.7 Å². The molecule has 15 heavy (non-hydrogen) atoms. The number of hydrogen-bond acceptors (Lipinski definition) is 3.